The summed E-state index contributed by atoms with van der Waals surface area (Å²) in [5.74, 6) is 3.01. The fraction of sp³-hybridized carbons (Fsp3) is 0.529. The molecule has 3 N–H and O–H groups in total. The van der Waals surface area contributed by atoms with Crippen LogP contribution in [0.3, 0.4) is 0 Å². The maximum absolute atomic E-state index is 10.3. The van der Waals surface area contributed by atoms with Crippen LogP contribution < -0.4 is 10.1 Å². The Morgan fingerprint density at radius 1 is 1.39 bits per heavy atom. The van der Waals surface area contributed by atoms with Gasteiger partial charge in [-0.2, -0.15) is 5.10 Å². The Bertz CT molecular complexity index is 643. The average molecular weight is 316 g/mol. The summed E-state index contributed by atoms with van der Waals surface area (Å²) < 4.78 is 5.23. The van der Waals surface area contributed by atoms with Gasteiger partial charge in [0.1, 0.15) is 11.6 Å². The second-order valence-electron chi connectivity index (χ2n) is 6.26. The minimum Gasteiger partial charge on any atom is -0.497 e. The summed E-state index contributed by atoms with van der Waals surface area (Å²) >= 11 is 0. The van der Waals surface area contributed by atoms with E-state index in [0.717, 1.165) is 43.3 Å². The number of aromatic nitrogens is 3. The molecule has 1 saturated carbocycles. The van der Waals surface area contributed by atoms with Gasteiger partial charge in [-0.3, -0.25) is 5.10 Å². The summed E-state index contributed by atoms with van der Waals surface area (Å²) in [6.07, 6.45) is 1.36. The van der Waals surface area contributed by atoms with Crippen molar-refractivity contribution in [3.05, 3.63) is 41.5 Å². The van der Waals surface area contributed by atoms with E-state index in [2.05, 4.69) is 26.6 Å². The topological polar surface area (TPSA) is 83.1 Å². The number of ether oxygens (including phenoxy) is 1. The number of nitrogens with zero attached hydrogens (tertiary/aromatic N) is 2. The van der Waals surface area contributed by atoms with E-state index < -0.39 is 0 Å². The minimum atomic E-state index is -0.295. The second-order valence-corrected chi connectivity index (χ2v) is 6.26. The van der Waals surface area contributed by atoms with E-state index >= 15 is 0 Å². The van der Waals surface area contributed by atoms with Gasteiger partial charge in [0, 0.05) is 19.0 Å². The van der Waals surface area contributed by atoms with Crippen molar-refractivity contribution in [3.8, 4) is 5.75 Å². The molecule has 1 aromatic heterocycles. The SMILES string of the molecule is COc1cccc(CNC[C@H]2CC(c3n[nH]c(C)n3)C[C@H]2O)c1. The highest BCUT2D eigenvalue weighted by molar-refractivity contribution is 5.28. The highest BCUT2D eigenvalue weighted by Crippen LogP contribution is 2.36. The number of benzene rings is 1. The molecular weight excluding hydrogens is 292 g/mol. The molecule has 0 amide bonds. The van der Waals surface area contributed by atoms with Crippen molar-refractivity contribution >= 4 is 0 Å². The van der Waals surface area contributed by atoms with Crippen molar-refractivity contribution in [2.75, 3.05) is 13.7 Å². The first-order chi connectivity index (χ1) is 11.2. The lowest BCUT2D eigenvalue weighted by Crippen LogP contribution is -2.27. The molecule has 3 rings (SSSR count). The summed E-state index contributed by atoms with van der Waals surface area (Å²) in [6.45, 7) is 3.46. The fourth-order valence-electron chi connectivity index (χ4n) is 3.26. The van der Waals surface area contributed by atoms with Crippen LogP contribution in [0.4, 0.5) is 0 Å². The van der Waals surface area contributed by atoms with Gasteiger partial charge in [0.15, 0.2) is 5.82 Å². The van der Waals surface area contributed by atoms with Crippen LogP contribution in [0.1, 0.15) is 36.0 Å². The number of aryl methyl sites for hydroxylation is 1. The number of hydrogen-bond acceptors (Lipinski definition) is 5. The normalized spacial score (nSPS) is 24.0. The van der Waals surface area contributed by atoms with Gasteiger partial charge in [0.25, 0.3) is 0 Å². The molecule has 1 aromatic carbocycles. The Hall–Kier alpha value is -1.92. The molecule has 6 heteroatoms. The van der Waals surface area contributed by atoms with Gasteiger partial charge in [-0.05, 0) is 43.4 Å². The standard InChI is InChI=1S/C17H24N4O2/c1-11-19-17(21-20-11)13-7-14(16(22)8-13)10-18-9-12-4-3-5-15(6-12)23-2/h3-6,13-14,16,18,22H,7-10H2,1-2H3,(H,19,20,21)/t13?,14-,16-/m1/s1. The summed E-state index contributed by atoms with van der Waals surface area (Å²) in [5.41, 5.74) is 1.18. The van der Waals surface area contributed by atoms with Crippen LogP contribution >= 0.6 is 0 Å². The molecule has 0 radical (unpaired) electrons. The van der Waals surface area contributed by atoms with E-state index in [0.29, 0.717) is 0 Å². The zero-order chi connectivity index (χ0) is 16.2. The van der Waals surface area contributed by atoms with E-state index in [9.17, 15) is 5.11 Å². The van der Waals surface area contributed by atoms with Crippen molar-refractivity contribution < 1.29 is 9.84 Å². The summed E-state index contributed by atoms with van der Waals surface area (Å²) in [5, 5.41) is 20.8. The Kier molecular flexibility index (Phi) is 4.93. The predicted molar refractivity (Wildman–Crippen MR) is 87.3 cm³/mol. The number of nitrogens with one attached hydrogen (secondary N) is 2. The van der Waals surface area contributed by atoms with Gasteiger partial charge in [0.05, 0.1) is 13.2 Å². The first kappa shape index (κ1) is 16.0. The summed E-state index contributed by atoms with van der Waals surface area (Å²) in [7, 11) is 1.67. The van der Waals surface area contributed by atoms with Gasteiger partial charge >= 0.3 is 0 Å². The number of aliphatic hydroxyl groups excluding tert-OH is 1. The lowest BCUT2D eigenvalue weighted by atomic mass is 10.0. The van der Waals surface area contributed by atoms with Gasteiger partial charge in [0.2, 0.25) is 0 Å². The van der Waals surface area contributed by atoms with Crippen LogP contribution in [-0.2, 0) is 6.54 Å². The maximum atomic E-state index is 10.3. The summed E-state index contributed by atoms with van der Waals surface area (Å²) in [4.78, 5) is 4.40. The number of aromatic amines is 1. The molecule has 1 aliphatic carbocycles. The zero-order valence-corrected chi connectivity index (χ0v) is 13.6. The lowest BCUT2D eigenvalue weighted by molar-refractivity contribution is 0.131. The van der Waals surface area contributed by atoms with Crippen molar-refractivity contribution in [2.24, 2.45) is 5.92 Å². The number of hydrogen-bond donors (Lipinski definition) is 3. The van der Waals surface area contributed by atoms with Crippen molar-refractivity contribution in [2.45, 2.75) is 38.3 Å². The number of methoxy groups -OCH3 is 1. The van der Waals surface area contributed by atoms with Crippen molar-refractivity contribution in [3.63, 3.8) is 0 Å². The molecule has 0 aliphatic heterocycles. The molecule has 124 valence electrons. The molecule has 0 saturated heterocycles. The van der Waals surface area contributed by atoms with E-state index in [1.54, 1.807) is 7.11 Å². The molecule has 6 nitrogen and oxygen atoms in total. The lowest BCUT2D eigenvalue weighted by Gasteiger charge is -2.15. The molecule has 1 fully saturated rings. The molecule has 1 heterocycles. The Morgan fingerprint density at radius 2 is 2.26 bits per heavy atom. The third-order valence-corrected chi connectivity index (χ3v) is 4.51. The molecule has 2 aromatic rings. The largest absolute Gasteiger partial charge is 0.497 e. The van der Waals surface area contributed by atoms with E-state index in [1.807, 2.05) is 25.1 Å². The first-order valence-corrected chi connectivity index (χ1v) is 8.06. The fourth-order valence-corrected chi connectivity index (χ4v) is 3.26. The molecule has 1 unspecified atom stereocenters. The monoisotopic (exact) mass is 316 g/mol. The van der Waals surface area contributed by atoms with Gasteiger partial charge in [-0.25, -0.2) is 4.98 Å². The van der Waals surface area contributed by atoms with E-state index in [1.165, 1.54) is 5.56 Å². The smallest absolute Gasteiger partial charge is 0.153 e. The summed E-state index contributed by atoms with van der Waals surface area (Å²) in [6, 6.07) is 8.02. The molecular formula is C17H24N4O2. The van der Waals surface area contributed by atoms with Crippen LogP contribution in [0, 0.1) is 12.8 Å². The third-order valence-electron chi connectivity index (χ3n) is 4.51. The minimum absolute atomic E-state index is 0.240. The van der Waals surface area contributed by atoms with E-state index in [4.69, 9.17) is 4.74 Å². The Balaban J connectivity index is 1.50. The number of aliphatic hydroxyl groups is 1. The van der Waals surface area contributed by atoms with Crippen LogP contribution in [0.15, 0.2) is 24.3 Å². The zero-order valence-electron chi connectivity index (χ0n) is 13.6. The third kappa shape index (κ3) is 3.89. The highest BCUT2D eigenvalue weighted by Gasteiger charge is 2.35. The van der Waals surface area contributed by atoms with Crippen molar-refractivity contribution in [1.29, 1.82) is 0 Å². The van der Waals surface area contributed by atoms with Crippen molar-refractivity contribution in [1.82, 2.24) is 20.5 Å². The molecule has 0 spiro atoms. The Morgan fingerprint density at radius 3 is 3.00 bits per heavy atom. The van der Waals surface area contributed by atoms with E-state index in [-0.39, 0.29) is 17.9 Å². The first-order valence-electron chi connectivity index (χ1n) is 8.06. The van der Waals surface area contributed by atoms with Crippen LogP contribution in [0.2, 0.25) is 0 Å². The van der Waals surface area contributed by atoms with Gasteiger partial charge < -0.3 is 15.2 Å². The second kappa shape index (κ2) is 7.10. The van der Waals surface area contributed by atoms with Gasteiger partial charge in [-0.15, -0.1) is 0 Å². The molecule has 0 bridgehead atoms. The molecule has 1 aliphatic rings. The predicted octanol–water partition coefficient (Wildman–Crippen LogP) is 1.77. The maximum Gasteiger partial charge on any atom is 0.153 e. The van der Waals surface area contributed by atoms with Crippen LogP contribution in [0.25, 0.3) is 0 Å². The van der Waals surface area contributed by atoms with Crippen LogP contribution in [0.5, 0.6) is 5.75 Å². The molecule has 23 heavy (non-hydrogen) atoms. The molecule has 3 atom stereocenters. The quantitative estimate of drug-likeness (QED) is 0.756. The highest BCUT2D eigenvalue weighted by atomic mass is 16.5. The average Bonchev–Trinajstić information content (AvgIpc) is 3.14. The van der Waals surface area contributed by atoms with Gasteiger partial charge in [-0.1, -0.05) is 12.1 Å². The Labute approximate surface area is 136 Å². The number of H-pyrrole nitrogens is 1. The van der Waals surface area contributed by atoms with Crippen LogP contribution in [-0.4, -0.2) is 40.0 Å². The number of rotatable bonds is 6.